The Balaban J connectivity index is 2.21. The number of aromatic nitrogens is 1. The lowest BCUT2D eigenvalue weighted by atomic mass is 10.1. The van der Waals surface area contributed by atoms with Crippen molar-refractivity contribution in [2.24, 2.45) is 0 Å². The first-order valence-electron chi connectivity index (χ1n) is 5.50. The van der Waals surface area contributed by atoms with Crippen molar-refractivity contribution in [3.63, 3.8) is 0 Å². The Morgan fingerprint density at radius 2 is 2.11 bits per heavy atom. The quantitative estimate of drug-likeness (QED) is 0.829. The van der Waals surface area contributed by atoms with Crippen molar-refractivity contribution < 1.29 is 0 Å². The molecule has 2 aromatic rings. The van der Waals surface area contributed by atoms with E-state index >= 15 is 0 Å². The van der Waals surface area contributed by atoms with E-state index in [1.807, 2.05) is 31.2 Å². The van der Waals surface area contributed by atoms with Crippen LogP contribution in [0.2, 0.25) is 5.02 Å². The van der Waals surface area contributed by atoms with Gasteiger partial charge < -0.3 is 11.1 Å². The predicted octanol–water partition coefficient (Wildman–Crippen LogP) is 4.25. The third-order valence-corrected chi connectivity index (χ3v) is 3.43. The zero-order valence-corrected chi connectivity index (χ0v) is 12.2. The lowest BCUT2D eigenvalue weighted by Gasteiger charge is -2.17. The minimum absolute atomic E-state index is 0.0659. The van der Waals surface area contributed by atoms with E-state index in [2.05, 4.69) is 26.2 Å². The Morgan fingerprint density at radius 1 is 1.39 bits per heavy atom. The van der Waals surface area contributed by atoms with Crippen molar-refractivity contribution in [1.29, 1.82) is 0 Å². The molecule has 3 nitrogen and oxygen atoms in total. The zero-order valence-electron chi connectivity index (χ0n) is 9.82. The number of nitrogens with two attached hydrogens (primary N) is 1. The minimum Gasteiger partial charge on any atom is -0.398 e. The van der Waals surface area contributed by atoms with Gasteiger partial charge in [-0.1, -0.05) is 29.8 Å². The fourth-order valence-corrected chi connectivity index (χ4v) is 2.46. The third-order valence-electron chi connectivity index (χ3n) is 2.62. The zero-order chi connectivity index (χ0) is 13.1. The van der Waals surface area contributed by atoms with E-state index < -0.39 is 0 Å². The molecule has 1 heterocycles. The first-order chi connectivity index (χ1) is 8.58. The maximum Gasteiger partial charge on any atom is 0.140 e. The number of nitrogens with zero attached hydrogens (tertiary/aromatic N) is 1. The summed E-state index contributed by atoms with van der Waals surface area (Å²) in [6, 6.07) is 9.64. The number of pyridine rings is 1. The van der Waals surface area contributed by atoms with Crippen LogP contribution in [0.1, 0.15) is 18.5 Å². The molecule has 0 fully saturated rings. The van der Waals surface area contributed by atoms with E-state index in [1.54, 1.807) is 12.3 Å². The SMILES string of the molecule is CC(Nc1ncc(Cl)cc1Br)c1ccccc1N. The molecule has 0 radical (unpaired) electrons. The molecule has 0 amide bonds. The van der Waals surface area contributed by atoms with Crippen LogP contribution in [0, 0.1) is 0 Å². The van der Waals surface area contributed by atoms with Crippen LogP contribution in [0.25, 0.3) is 0 Å². The summed E-state index contributed by atoms with van der Waals surface area (Å²) in [5, 5.41) is 3.89. The van der Waals surface area contributed by atoms with Gasteiger partial charge in [-0.05, 0) is 40.5 Å². The van der Waals surface area contributed by atoms with Gasteiger partial charge in [0.25, 0.3) is 0 Å². The summed E-state index contributed by atoms with van der Waals surface area (Å²) in [7, 11) is 0. The van der Waals surface area contributed by atoms with Crippen LogP contribution in [-0.4, -0.2) is 4.98 Å². The van der Waals surface area contributed by atoms with E-state index in [1.165, 1.54) is 0 Å². The van der Waals surface area contributed by atoms with Crippen molar-refractivity contribution in [2.45, 2.75) is 13.0 Å². The maximum absolute atomic E-state index is 5.94. The number of rotatable bonds is 3. The van der Waals surface area contributed by atoms with Gasteiger partial charge in [-0.15, -0.1) is 0 Å². The molecule has 0 bridgehead atoms. The smallest absolute Gasteiger partial charge is 0.140 e. The summed E-state index contributed by atoms with van der Waals surface area (Å²) in [5.41, 5.74) is 7.75. The molecule has 1 atom stereocenters. The lowest BCUT2D eigenvalue weighted by molar-refractivity contribution is 0.876. The van der Waals surface area contributed by atoms with Crippen LogP contribution in [0.15, 0.2) is 41.0 Å². The number of nitrogen functional groups attached to an aromatic ring is 1. The van der Waals surface area contributed by atoms with Crippen molar-refractivity contribution in [2.75, 3.05) is 11.1 Å². The Kier molecular flexibility index (Phi) is 4.09. The second-order valence-electron chi connectivity index (χ2n) is 3.98. The average Bonchev–Trinajstić information content (AvgIpc) is 2.33. The fourth-order valence-electron chi connectivity index (χ4n) is 1.71. The van der Waals surface area contributed by atoms with Crippen LogP contribution >= 0.6 is 27.5 Å². The molecule has 18 heavy (non-hydrogen) atoms. The summed E-state index contributed by atoms with van der Waals surface area (Å²) >= 11 is 9.28. The van der Waals surface area contributed by atoms with Gasteiger partial charge in [0.15, 0.2) is 0 Å². The van der Waals surface area contributed by atoms with Crippen molar-refractivity contribution >= 4 is 39.0 Å². The number of hydrogen-bond acceptors (Lipinski definition) is 3. The van der Waals surface area contributed by atoms with Gasteiger partial charge >= 0.3 is 0 Å². The second-order valence-corrected chi connectivity index (χ2v) is 5.27. The third kappa shape index (κ3) is 2.94. The Hall–Kier alpha value is -1.26. The van der Waals surface area contributed by atoms with Gasteiger partial charge in [0.05, 0.1) is 15.5 Å². The highest BCUT2D eigenvalue weighted by atomic mass is 79.9. The van der Waals surface area contributed by atoms with Gasteiger partial charge in [0, 0.05) is 11.9 Å². The normalized spacial score (nSPS) is 12.2. The first kappa shape index (κ1) is 13.2. The van der Waals surface area contributed by atoms with Crippen LogP contribution in [-0.2, 0) is 0 Å². The molecule has 1 unspecified atom stereocenters. The van der Waals surface area contributed by atoms with E-state index in [-0.39, 0.29) is 6.04 Å². The summed E-state index contributed by atoms with van der Waals surface area (Å²) in [5.74, 6) is 0.746. The molecular weight excluding hydrogens is 314 g/mol. The monoisotopic (exact) mass is 325 g/mol. The van der Waals surface area contributed by atoms with Crippen LogP contribution in [0.4, 0.5) is 11.5 Å². The Bertz CT molecular complexity index is 560. The highest BCUT2D eigenvalue weighted by molar-refractivity contribution is 9.10. The highest BCUT2D eigenvalue weighted by Crippen LogP contribution is 2.28. The van der Waals surface area contributed by atoms with Crippen molar-refractivity contribution in [1.82, 2.24) is 4.98 Å². The molecule has 0 aliphatic heterocycles. The standard InChI is InChI=1S/C13H13BrClN3/c1-8(10-4-2-3-5-12(10)16)18-13-11(14)6-9(15)7-17-13/h2-8H,16H2,1H3,(H,17,18). The van der Waals surface area contributed by atoms with Gasteiger partial charge in [0.1, 0.15) is 5.82 Å². The molecule has 0 saturated heterocycles. The van der Waals surface area contributed by atoms with Gasteiger partial charge in [-0.25, -0.2) is 4.98 Å². The lowest BCUT2D eigenvalue weighted by Crippen LogP contribution is -2.10. The maximum atomic E-state index is 5.94. The Labute approximate surface area is 119 Å². The fraction of sp³-hybridized carbons (Fsp3) is 0.154. The summed E-state index contributed by atoms with van der Waals surface area (Å²) < 4.78 is 0.830. The van der Waals surface area contributed by atoms with Crippen molar-refractivity contribution in [3.8, 4) is 0 Å². The molecule has 2 rings (SSSR count). The largest absolute Gasteiger partial charge is 0.398 e. The highest BCUT2D eigenvalue weighted by Gasteiger charge is 2.11. The number of para-hydroxylation sites is 1. The van der Waals surface area contributed by atoms with Crippen LogP contribution in [0.5, 0.6) is 0 Å². The number of halogens is 2. The number of hydrogen-bond donors (Lipinski definition) is 2. The van der Waals surface area contributed by atoms with Crippen LogP contribution in [0.3, 0.4) is 0 Å². The first-order valence-corrected chi connectivity index (χ1v) is 6.67. The predicted molar refractivity (Wildman–Crippen MR) is 79.8 cm³/mol. The van der Waals surface area contributed by atoms with Gasteiger partial charge in [-0.3, -0.25) is 0 Å². The van der Waals surface area contributed by atoms with Crippen molar-refractivity contribution in [3.05, 3.63) is 51.6 Å². The van der Waals surface area contributed by atoms with Crippen LogP contribution < -0.4 is 11.1 Å². The van der Waals surface area contributed by atoms with Gasteiger partial charge in [-0.2, -0.15) is 0 Å². The molecule has 0 spiro atoms. The van der Waals surface area contributed by atoms with E-state index in [0.29, 0.717) is 5.02 Å². The molecule has 0 saturated carbocycles. The average molecular weight is 327 g/mol. The Morgan fingerprint density at radius 3 is 2.78 bits per heavy atom. The molecule has 0 aliphatic rings. The number of benzene rings is 1. The molecule has 0 aliphatic carbocycles. The molecule has 1 aromatic heterocycles. The molecule has 3 N–H and O–H groups in total. The molecule has 94 valence electrons. The van der Waals surface area contributed by atoms with E-state index in [4.69, 9.17) is 17.3 Å². The topological polar surface area (TPSA) is 50.9 Å². The summed E-state index contributed by atoms with van der Waals surface area (Å²) in [6.45, 7) is 2.04. The molecule has 1 aromatic carbocycles. The van der Waals surface area contributed by atoms with E-state index in [0.717, 1.165) is 21.5 Å². The number of nitrogens with one attached hydrogen (secondary N) is 1. The minimum atomic E-state index is 0.0659. The number of anilines is 2. The summed E-state index contributed by atoms with van der Waals surface area (Å²) in [6.07, 6.45) is 1.61. The molecular formula is C13H13BrClN3. The van der Waals surface area contributed by atoms with Gasteiger partial charge in [0.2, 0.25) is 0 Å². The van der Waals surface area contributed by atoms with E-state index in [9.17, 15) is 0 Å². The second kappa shape index (κ2) is 5.59. The summed E-state index contributed by atoms with van der Waals surface area (Å²) in [4.78, 5) is 4.24. The molecule has 5 heteroatoms.